The summed E-state index contributed by atoms with van der Waals surface area (Å²) in [6, 6.07) is 7.02. The third-order valence-electron chi connectivity index (χ3n) is 5.19. The minimum absolute atomic E-state index is 0.131. The van der Waals surface area contributed by atoms with Crippen LogP contribution in [0.25, 0.3) is 0 Å². The fourth-order valence-corrected chi connectivity index (χ4v) is 3.37. The molecule has 2 rings (SSSR count). The first kappa shape index (κ1) is 20.4. The second-order valence-corrected chi connectivity index (χ2v) is 7.03. The number of anilines is 1. The maximum Gasteiger partial charge on any atom is 0.251 e. The predicted molar refractivity (Wildman–Crippen MR) is 105 cm³/mol. The summed E-state index contributed by atoms with van der Waals surface area (Å²) in [4.78, 5) is 27.1. The average molecular weight is 361 g/mol. The zero-order valence-corrected chi connectivity index (χ0v) is 16.0. The lowest BCUT2D eigenvalue weighted by Gasteiger charge is -2.31. The first-order valence-corrected chi connectivity index (χ1v) is 9.69. The zero-order valence-electron chi connectivity index (χ0n) is 16.0. The van der Waals surface area contributed by atoms with Gasteiger partial charge in [0.25, 0.3) is 5.91 Å². The molecule has 0 unspecified atom stereocenters. The van der Waals surface area contributed by atoms with Gasteiger partial charge >= 0.3 is 0 Å². The van der Waals surface area contributed by atoms with Crippen molar-refractivity contribution in [2.45, 2.75) is 51.5 Å². The Kier molecular flexibility index (Phi) is 7.60. The Balaban J connectivity index is 1.92. The fourth-order valence-electron chi connectivity index (χ4n) is 3.37. The number of carbonyl (C=O) groups is 2. The van der Waals surface area contributed by atoms with Crippen LogP contribution in [-0.4, -0.2) is 48.4 Å². The highest BCUT2D eigenvalue weighted by Crippen LogP contribution is 2.27. The van der Waals surface area contributed by atoms with Gasteiger partial charge in [-0.1, -0.05) is 39.2 Å². The van der Waals surface area contributed by atoms with E-state index in [9.17, 15) is 9.59 Å². The predicted octanol–water partition coefficient (Wildman–Crippen LogP) is 2.36. The van der Waals surface area contributed by atoms with Gasteiger partial charge < -0.3 is 21.3 Å². The molecule has 0 radical (unpaired) electrons. The Hall–Kier alpha value is -1.92. The molecular formula is C20H32N4O2. The highest BCUT2D eigenvalue weighted by atomic mass is 16.2. The molecular weight excluding hydrogens is 328 g/mol. The number of hydrogen-bond donors (Lipinski definition) is 3. The fraction of sp³-hybridized carbons (Fsp3) is 0.600. The molecule has 0 saturated heterocycles. The summed E-state index contributed by atoms with van der Waals surface area (Å²) in [6.07, 6.45) is 4.53. The molecule has 6 nitrogen and oxygen atoms in total. The molecule has 0 heterocycles. The van der Waals surface area contributed by atoms with Gasteiger partial charge in [0, 0.05) is 24.3 Å². The van der Waals surface area contributed by atoms with Crippen LogP contribution < -0.4 is 16.4 Å². The van der Waals surface area contributed by atoms with Gasteiger partial charge in [-0.05, 0) is 44.1 Å². The van der Waals surface area contributed by atoms with Crippen molar-refractivity contribution in [1.29, 1.82) is 0 Å². The molecule has 26 heavy (non-hydrogen) atoms. The molecule has 1 saturated carbocycles. The lowest BCUT2D eigenvalue weighted by Crippen LogP contribution is -2.52. The SMILES string of the molecule is CCN(CC)CCNC(=O)c1cccc(NC(=O)C2(N)CCCCC2)c1. The summed E-state index contributed by atoms with van der Waals surface area (Å²) < 4.78 is 0. The number of benzene rings is 1. The molecule has 0 spiro atoms. The number of carbonyl (C=O) groups excluding carboxylic acids is 2. The molecule has 6 heteroatoms. The van der Waals surface area contributed by atoms with Gasteiger partial charge in [-0.15, -0.1) is 0 Å². The summed E-state index contributed by atoms with van der Waals surface area (Å²) in [6.45, 7) is 7.57. The maximum absolute atomic E-state index is 12.5. The molecule has 1 aromatic carbocycles. The van der Waals surface area contributed by atoms with E-state index in [1.54, 1.807) is 24.3 Å². The molecule has 0 bridgehead atoms. The molecule has 1 fully saturated rings. The van der Waals surface area contributed by atoms with Crippen LogP contribution in [0, 0.1) is 0 Å². The second-order valence-electron chi connectivity index (χ2n) is 7.03. The van der Waals surface area contributed by atoms with Gasteiger partial charge in [0.05, 0.1) is 5.54 Å². The number of hydrogen-bond acceptors (Lipinski definition) is 4. The number of likely N-dealkylation sites (N-methyl/N-ethyl adjacent to an activating group) is 1. The van der Waals surface area contributed by atoms with Crippen LogP contribution in [0.4, 0.5) is 5.69 Å². The van der Waals surface area contributed by atoms with Crippen molar-refractivity contribution in [1.82, 2.24) is 10.2 Å². The van der Waals surface area contributed by atoms with E-state index >= 15 is 0 Å². The zero-order chi connectivity index (χ0) is 19.0. The van der Waals surface area contributed by atoms with E-state index in [-0.39, 0.29) is 11.8 Å². The van der Waals surface area contributed by atoms with Gasteiger partial charge in [0.1, 0.15) is 0 Å². The maximum atomic E-state index is 12.5. The Morgan fingerprint density at radius 1 is 1.15 bits per heavy atom. The van der Waals surface area contributed by atoms with Crippen molar-refractivity contribution in [2.24, 2.45) is 5.73 Å². The van der Waals surface area contributed by atoms with E-state index in [4.69, 9.17) is 5.73 Å². The van der Waals surface area contributed by atoms with Crippen LogP contribution in [0.1, 0.15) is 56.3 Å². The van der Waals surface area contributed by atoms with Crippen molar-refractivity contribution in [3.05, 3.63) is 29.8 Å². The standard InChI is InChI=1S/C20H32N4O2/c1-3-24(4-2)14-13-22-18(25)16-9-8-10-17(15-16)23-19(26)20(21)11-6-5-7-12-20/h8-10,15H,3-7,11-14,21H2,1-2H3,(H,22,25)(H,23,26). The molecule has 2 amide bonds. The third-order valence-corrected chi connectivity index (χ3v) is 5.19. The number of amides is 2. The minimum atomic E-state index is -0.791. The molecule has 0 aromatic heterocycles. The molecule has 1 aliphatic carbocycles. The normalized spacial score (nSPS) is 16.3. The van der Waals surface area contributed by atoms with E-state index in [1.165, 1.54) is 0 Å². The summed E-state index contributed by atoms with van der Waals surface area (Å²) in [5.74, 6) is -0.287. The highest BCUT2D eigenvalue weighted by Gasteiger charge is 2.35. The van der Waals surface area contributed by atoms with Crippen molar-refractivity contribution in [3.8, 4) is 0 Å². The number of nitrogens with one attached hydrogen (secondary N) is 2. The van der Waals surface area contributed by atoms with Crippen LogP contribution in [0.3, 0.4) is 0 Å². The lowest BCUT2D eigenvalue weighted by atomic mass is 9.82. The first-order chi connectivity index (χ1) is 12.5. The van der Waals surface area contributed by atoms with Crippen LogP contribution in [0.5, 0.6) is 0 Å². The van der Waals surface area contributed by atoms with Crippen LogP contribution >= 0.6 is 0 Å². The summed E-state index contributed by atoms with van der Waals surface area (Å²) in [5, 5.41) is 5.82. The molecule has 144 valence electrons. The minimum Gasteiger partial charge on any atom is -0.351 e. The Morgan fingerprint density at radius 2 is 1.85 bits per heavy atom. The Bertz CT molecular complexity index is 608. The van der Waals surface area contributed by atoms with Crippen molar-refractivity contribution >= 4 is 17.5 Å². The average Bonchev–Trinajstić information content (AvgIpc) is 2.66. The summed E-state index contributed by atoms with van der Waals surface area (Å²) >= 11 is 0. The van der Waals surface area contributed by atoms with E-state index < -0.39 is 5.54 Å². The van der Waals surface area contributed by atoms with E-state index in [2.05, 4.69) is 29.4 Å². The summed E-state index contributed by atoms with van der Waals surface area (Å²) in [7, 11) is 0. The van der Waals surface area contributed by atoms with Gasteiger partial charge in [-0.3, -0.25) is 9.59 Å². The number of nitrogens with zero attached hydrogens (tertiary/aromatic N) is 1. The lowest BCUT2D eigenvalue weighted by molar-refractivity contribution is -0.122. The van der Waals surface area contributed by atoms with Gasteiger partial charge in [0.2, 0.25) is 5.91 Å². The monoisotopic (exact) mass is 360 g/mol. The smallest absolute Gasteiger partial charge is 0.251 e. The topological polar surface area (TPSA) is 87.5 Å². The van der Waals surface area contributed by atoms with Gasteiger partial charge in [-0.25, -0.2) is 0 Å². The van der Waals surface area contributed by atoms with Crippen molar-refractivity contribution in [2.75, 3.05) is 31.5 Å². The van der Waals surface area contributed by atoms with E-state index in [0.717, 1.165) is 38.9 Å². The van der Waals surface area contributed by atoms with Gasteiger partial charge in [-0.2, -0.15) is 0 Å². The number of nitrogens with two attached hydrogens (primary N) is 1. The first-order valence-electron chi connectivity index (χ1n) is 9.69. The van der Waals surface area contributed by atoms with E-state index in [1.807, 2.05) is 0 Å². The highest BCUT2D eigenvalue weighted by molar-refractivity contribution is 6.00. The largest absolute Gasteiger partial charge is 0.351 e. The van der Waals surface area contributed by atoms with Crippen molar-refractivity contribution < 1.29 is 9.59 Å². The molecule has 1 aliphatic rings. The molecule has 0 aliphatic heterocycles. The number of rotatable bonds is 8. The van der Waals surface area contributed by atoms with Crippen LogP contribution in [0.15, 0.2) is 24.3 Å². The Labute approximate surface area is 156 Å². The molecule has 1 aromatic rings. The quantitative estimate of drug-likeness (QED) is 0.664. The van der Waals surface area contributed by atoms with E-state index in [0.29, 0.717) is 30.6 Å². The third kappa shape index (κ3) is 5.54. The van der Waals surface area contributed by atoms with Gasteiger partial charge in [0.15, 0.2) is 0 Å². The Morgan fingerprint density at radius 3 is 2.50 bits per heavy atom. The summed E-state index contributed by atoms with van der Waals surface area (Å²) in [5.41, 5.74) is 6.63. The second kappa shape index (κ2) is 9.69. The van der Waals surface area contributed by atoms with Crippen molar-refractivity contribution in [3.63, 3.8) is 0 Å². The molecule has 4 N–H and O–H groups in total. The van der Waals surface area contributed by atoms with Crippen LogP contribution in [0.2, 0.25) is 0 Å². The van der Waals surface area contributed by atoms with Crippen LogP contribution in [-0.2, 0) is 4.79 Å². The molecule has 0 atom stereocenters.